The van der Waals surface area contributed by atoms with E-state index in [0.717, 1.165) is 49.3 Å². The number of aromatic nitrogens is 1. The lowest BCUT2D eigenvalue weighted by atomic mass is 10.00. The molecule has 1 amide bonds. The Balaban J connectivity index is 1.71. The molecule has 0 aliphatic carbocycles. The minimum atomic E-state index is -0.719. The van der Waals surface area contributed by atoms with Gasteiger partial charge in [-0.1, -0.05) is 36.8 Å². The van der Waals surface area contributed by atoms with E-state index < -0.39 is 11.7 Å². The molecule has 0 saturated carbocycles. The quantitative estimate of drug-likeness (QED) is 0.736. The van der Waals surface area contributed by atoms with Gasteiger partial charge in [0.2, 0.25) is 0 Å². The van der Waals surface area contributed by atoms with Crippen molar-refractivity contribution in [2.24, 2.45) is 5.73 Å². The van der Waals surface area contributed by atoms with Crippen LogP contribution in [0.5, 0.6) is 0 Å². The maximum Gasteiger partial charge on any atom is 0.405 e. The Morgan fingerprint density at radius 2 is 1.96 bits per heavy atom. The van der Waals surface area contributed by atoms with Gasteiger partial charge in [0.25, 0.3) is 0 Å². The SMILES string of the molecule is CC(C)(CCCCCc1ncc(-c2ccccc2)o1)OC(N)=O. The fourth-order valence-corrected chi connectivity index (χ4v) is 2.49. The first-order valence-electron chi connectivity index (χ1n) is 7.95. The van der Waals surface area contributed by atoms with Crippen LogP contribution in [-0.2, 0) is 11.2 Å². The van der Waals surface area contributed by atoms with Crippen molar-refractivity contribution >= 4 is 6.09 Å². The van der Waals surface area contributed by atoms with Crippen LogP contribution in [0.1, 0.15) is 45.4 Å². The Labute approximate surface area is 136 Å². The van der Waals surface area contributed by atoms with E-state index in [1.54, 1.807) is 6.20 Å². The van der Waals surface area contributed by atoms with Crippen LogP contribution in [0.3, 0.4) is 0 Å². The fourth-order valence-electron chi connectivity index (χ4n) is 2.49. The number of amides is 1. The van der Waals surface area contributed by atoms with Crippen LogP contribution in [0.4, 0.5) is 4.79 Å². The van der Waals surface area contributed by atoms with E-state index in [1.165, 1.54) is 0 Å². The molecule has 0 atom stereocenters. The van der Waals surface area contributed by atoms with Gasteiger partial charge in [-0.25, -0.2) is 9.78 Å². The molecule has 0 unspecified atom stereocenters. The number of hydrogen-bond donors (Lipinski definition) is 1. The zero-order valence-corrected chi connectivity index (χ0v) is 13.7. The molecule has 1 heterocycles. The van der Waals surface area contributed by atoms with E-state index in [4.69, 9.17) is 14.9 Å². The highest BCUT2D eigenvalue weighted by Crippen LogP contribution is 2.22. The number of rotatable bonds is 8. The van der Waals surface area contributed by atoms with Crippen molar-refractivity contribution in [3.8, 4) is 11.3 Å². The number of carbonyl (C=O) groups is 1. The van der Waals surface area contributed by atoms with E-state index in [1.807, 2.05) is 44.2 Å². The molecule has 0 spiro atoms. The highest BCUT2D eigenvalue weighted by atomic mass is 16.6. The smallest absolute Gasteiger partial charge is 0.405 e. The molecule has 1 aromatic carbocycles. The molecule has 1 aromatic heterocycles. The number of ether oxygens (including phenoxy) is 1. The first kappa shape index (κ1) is 17.1. The first-order valence-corrected chi connectivity index (χ1v) is 7.95. The van der Waals surface area contributed by atoms with Gasteiger partial charge in [0.05, 0.1) is 6.20 Å². The van der Waals surface area contributed by atoms with Gasteiger partial charge in [0.15, 0.2) is 11.7 Å². The molecule has 0 aliphatic heterocycles. The summed E-state index contributed by atoms with van der Waals surface area (Å²) < 4.78 is 10.8. The highest BCUT2D eigenvalue weighted by Gasteiger charge is 2.20. The Morgan fingerprint density at radius 1 is 1.22 bits per heavy atom. The number of nitrogens with two attached hydrogens (primary N) is 1. The third-order valence-corrected chi connectivity index (χ3v) is 3.66. The van der Waals surface area contributed by atoms with Crippen LogP contribution in [0.15, 0.2) is 40.9 Å². The maximum absolute atomic E-state index is 10.8. The molecular weight excluding hydrogens is 292 g/mol. The maximum atomic E-state index is 10.8. The van der Waals surface area contributed by atoms with Crippen molar-refractivity contribution in [1.29, 1.82) is 0 Å². The van der Waals surface area contributed by atoms with E-state index in [2.05, 4.69) is 4.98 Å². The predicted molar refractivity (Wildman–Crippen MR) is 88.9 cm³/mol. The van der Waals surface area contributed by atoms with Gasteiger partial charge in [-0.05, 0) is 33.1 Å². The van der Waals surface area contributed by atoms with Gasteiger partial charge in [0, 0.05) is 12.0 Å². The second kappa shape index (κ2) is 7.81. The zero-order chi connectivity index (χ0) is 16.7. The number of unbranched alkanes of at least 4 members (excludes halogenated alkanes) is 2. The minimum Gasteiger partial charge on any atom is -0.444 e. The van der Waals surface area contributed by atoms with Crippen LogP contribution in [-0.4, -0.2) is 16.7 Å². The second-order valence-electron chi connectivity index (χ2n) is 6.23. The lowest BCUT2D eigenvalue weighted by Crippen LogP contribution is -2.30. The Morgan fingerprint density at radius 3 is 2.65 bits per heavy atom. The summed E-state index contributed by atoms with van der Waals surface area (Å²) in [6.07, 6.45) is 5.63. The van der Waals surface area contributed by atoms with E-state index in [9.17, 15) is 4.79 Å². The second-order valence-corrected chi connectivity index (χ2v) is 6.23. The van der Waals surface area contributed by atoms with Crippen LogP contribution in [0, 0.1) is 0 Å². The molecule has 0 bridgehead atoms. The topological polar surface area (TPSA) is 78.3 Å². The molecule has 124 valence electrons. The molecule has 0 radical (unpaired) electrons. The number of aryl methyl sites for hydroxylation is 1. The molecule has 0 fully saturated rings. The lowest BCUT2D eigenvalue weighted by molar-refractivity contribution is 0.0372. The van der Waals surface area contributed by atoms with Crippen LogP contribution >= 0.6 is 0 Å². The summed E-state index contributed by atoms with van der Waals surface area (Å²) in [6, 6.07) is 9.95. The molecule has 2 aromatic rings. The van der Waals surface area contributed by atoms with E-state index in [0.29, 0.717) is 0 Å². The largest absolute Gasteiger partial charge is 0.444 e. The first-order chi connectivity index (χ1) is 11.0. The summed E-state index contributed by atoms with van der Waals surface area (Å²) in [5.74, 6) is 1.56. The average molecular weight is 316 g/mol. The molecule has 0 saturated heterocycles. The number of oxazole rings is 1. The van der Waals surface area contributed by atoms with Gasteiger partial charge in [-0.2, -0.15) is 0 Å². The summed E-state index contributed by atoms with van der Waals surface area (Å²) in [5, 5.41) is 0. The summed E-state index contributed by atoms with van der Waals surface area (Å²) in [4.78, 5) is 15.1. The predicted octanol–water partition coefficient (Wildman–Crippen LogP) is 4.32. The van der Waals surface area contributed by atoms with Gasteiger partial charge < -0.3 is 14.9 Å². The average Bonchev–Trinajstić information content (AvgIpc) is 2.95. The standard InChI is InChI=1S/C18H24N2O3/c1-18(2,23-17(19)21)12-8-4-7-11-16-20-13-15(22-16)14-9-5-3-6-10-14/h3,5-6,9-10,13H,4,7-8,11-12H2,1-2H3,(H2,19,21). The van der Waals surface area contributed by atoms with Crippen molar-refractivity contribution in [2.75, 3.05) is 0 Å². The Hall–Kier alpha value is -2.30. The molecule has 5 nitrogen and oxygen atoms in total. The van der Waals surface area contributed by atoms with Gasteiger partial charge in [0.1, 0.15) is 5.60 Å². The van der Waals surface area contributed by atoms with Crippen molar-refractivity contribution in [1.82, 2.24) is 4.98 Å². The van der Waals surface area contributed by atoms with E-state index >= 15 is 0 Å². The summed E-state index contributed by atoms with van der Waals surface area (Å²) in [7, 11) is 0. The minimum absolute atomic E-state index is 0.505. The Kier molecular flexibility index (Phi) is 5.79. The van der Waals surface area contributed by atoms with Crippen LogP contribution < -0.4 is 5.73 Å². The molecule has 0 aliphatic rings. The van der Waals surface area contributed by atoms with E-state index in [-0.39, 0.29) is 0 Å². The molecule has 2 N–H and O–H groups in total. The van der Waals surface area contributed by atoms with Crippen molar-refractivity contribution < 1.29 is 13.9 Å². The van der Waals surface area contributed by atoms with Crippen molar-refractivity contribution in [3.63, 3.8) is 0 Å². The normalized spacial score (nSPS) is 11.4. The molecule has 2 rings (SSSR count). The summed E-state index contributed by atoms with van der Waals surface area (Å²) >= 11 is 0. The van der Waals surface area contributed by atoms with Crippen molar-refractivity contribution in [3.05, 3.63) is 42.4 Å². The van der Waals surface area contributed by atoms with Gasteiger partial charge >= 0.3 is 6.09 Å². The Bertz CT molecular complexity index is 620. The number of primary amides is 1. The number of benzene rings is 1. The fraction of sp³-hybridized carbons (Fsp3) is 0.444. The number of carbonyl (C=O) groups excluding carboxylic acids is 1. The van der Waals surface area contributed by atoms with Crippen LogP contribution in [0.25, 0.3) is 11.3 Å². The van der Waals surface area contributed by atoms with Crippen LogP contribution in [0.2, 0.25) is 0 Å². The molecule has 23 heavy (non-hydrogen) atoms. The zero-order valence-electron chi connectivity index (χ0n) is 13.7. The summed E-state index contributed by atoms with van der Waals surface area (Å²) in [5.41, 5.74) is 5.59. The summed E-state index contributed by atoms with van der Waals surface area (Å²) in [6.45, 7) is 3.75. The number of nitrogens with zero attached hydrogens (tertiary/aromatic N) is 1. The number of hydrogen-bond acceptors (Lipinski definition) is 4. The van der Waals surface area contributed by atoms with Crippen molar-refractivity contribution in [2.45, 2.75) is 51.6 Å². The lowest BCUT2D eigenvalue weighted by Gasteiger charge is -2.23. The van der Waals surface area contributed by atoms with Gasteiger partial charge in [-0.15, -0.1) is 0 Å². The monoisotopic (exact) mass is 316 g/mol. The highest BCUT2D eigenvalue weighted by molar-refractivity contribution is 5.65. The molecular formula is C18H24N2O3. The third kappa shape index (κ3) is 5.77. The molecule has 5 heteroatoms. The third-order valence-electron chi connectivity index (χ3n) is 3.66. The van der Waals surface area contributed by atoms with Gasteiger partial charge in [-0.3, -0.25) is 0 Å².